The monoisotopic (exact) mass is 493 g/mol. The largest absolute Gasteiger partial charge is 0.378 e. The minimum atomic E-state index is -1.05. The number of benzene rings is 1. The highest BCUT2D eigenvalue weighted by atomic mass is 32.2. The summed E-state index contributed by atoms with van der Waals surface area (Å²) in [6.45, 7) is 4.58. The maximum absolute atomic E-state index is 15.2. The first-order chi connectivity index (χ1) is 16.7. The van der Waals surface area contributed by atoms with E-state index in [9.17, 15) is 9.18 Å². The molecule has 5 rings (SSSR count). The Hall–Kier alpha value is -3.25. The van der Waals surface area contributed by atoms with Crippen LogP contribution in [-0.2, 0) is 10.3 Å². The van der Waals surface area contributed by atoms with Gasteiger partial charge >= 0.3 is 0 Å². The van der Waals surface area contributed by atoms with Crippen LogP contribution in [0.3, 0.4) is 0 Å². The molecule has 1 unspecified atom stereocenters. The molecular weight excluding hydrogens is 468 g/mol. The lowest BCUT2D eigenvalue weighted by Gasteiger charge is -2.36. The summed E-state index contributed by atoms with van der Waals surface area (Å²) >= 11 is 1.29. The van der Waals surface area contributed by atoms with Crippen LogP contribution in [0.4, 0.5) is 8.78 Å². The normalized spacial score (nSPS) is 29.9. The number of nitrogens with two attached hydrogens (primary N) is 1. The summed E-state index contributed by atoms with van der Waals surface area (Å²) in [5, 5.41) is 9.16. The van der Waals surface area contributed by atoms with Crippen LogP contribution in [0.25, 0.3) is 11.9 Å². The number of hydrogen-bond donors (Lipinski definition) is 1. The number of halogens is 2. The summed E-state index contributed by atoms with van der Waals surface area (Å²) in [5.74, 6) is -1.26. The molecule has 6 nitrogen and oxygen atoms in total. The van der Waals surface area contributed by atoms with Gasteiger partial charge in [-0.25, -0.2) is 8.78 Å². The van der Waals surface area contributed by atoms with Crippen LogP contribution in [0, 0.1) is 23.1 Å². The molecule has 1 aromatic heterocycles. The zero-order chi connectivity index (χ0) is 25.0. The van der Waals surface area contributed by atoms with E-state index >= 15 is 4.39 Å². The number of aliphatic imine (C=N–C) groups is 1. The number of rotatable bonds is 4. The maximum atomic E-state index is 15.2. The molecule has 0 bridgehead atoms. The molecule has 2 N–H and O–H groups in total. The standard InChI is InChI=1S/C26H25F2N5OS/c1-15-4-3-9-33(15)23(34)26-12-22(26)25(2,32-24(30)35-26)18-10-16(5-7-19(18)27)11-20(28)21-8-6-17(13-29)14-31-21/h5-8,10-11,14-15,22H,3-4,9,12H2,1-2H3,(H2,30,32)/t15?,22-,25+,26-/m0/s1. The lowest BCUT2D eigenvalue weighted by atomic mass is 9.84. The van der Waals surface area contributed by atoms with Gasteiger partial charge in [-0.15, -0.1) is 0 Å². The van der Waals surface area contributed by atoms with Gasteiger partial charge in [0.05, 0.1) is 16.8 Å². The summed E-state index contributed by atoms with van der Waals surface area (Å²) in [4.78, 5) is 24.1. The van der Waals surface area contributed by atoms with Gasteiger partial charge in [-0.2, -0.15) is 5.26 Å². The fraction of sp³-hybridized carbons (Fsp3) is 0.385. The third-order valence-electron chi connectivity index (χ3n) is 7.36. The van der Waals surface area contributed by atoms with Crippen molar-refractivity contribution in [2.45, 2.75) is 49.4 Å². The topological polar surface area (TPSA) is 95.4 Å². The van der Waals surface area contributed by atoms with Gasteiger partial charge in [-0.3, -0.25) is 14.8 Å². The van der Waals surface area contributed by atoms with E-state index in [2.05, 4.69) is 16.9 Å². The Balaban J connectivity index is 1.48. The van der Waals surface area contributed by atoms with Crippen LogP contribution in [0.5, 0.6) is 0 Å². The van der Waals surface area contributed by atoms with E-state index in [4.69, 9.17) is 11.0 Å². The van der Waals surface area contributed by atoms with Gasteiger partial charge in [-0.05, 0) is 69.0 Å². The summed E-state index contributed by atoms with van der Waals surface area (Å²) in [5.41, 5.74) is 6.27. The number of amidine groups is 1. The number of pyridine rings is 1. The number of hydrogen-bond acceptors (Lipinski definition) is 6. The highest BCUT2D eigenvalue weighted by Crippen LogP contribution is 2.66. The molecule has 1 aliphatic carbocycles. The minimum Gasteiger partial charge on any atom is -0.378 e. The summed E-state index contributed by atoms with van der Waals surface area (Å²) < 4.78 is 29.3. The van der Waals surface area contributed by atoms with Crippen molar-refractivity contribution in [3.8, 4) is 6.07 Å². The molecule has 0 radical (unpaired) electrons. The summed E-state index contributed by atoms with van der Waals surface area (Å²) in [6.07, 6.45) is 5.07. The number of nitriles is 1. The van der Waals surface area contributed by atoms with Crippen LogP contribution in [0.15, 0.2) is 41.5 Å². The van der Waals surface area contributed by atoms with Crippen molar-refractivity contribution < 1.29 is 13.6 Å². The van der Waals surface area contributed by atoms with Crippen molar-refractivity contribution >= 4 is 34.7 Å². The van der Waals surface area contributed by atoms with E-state index in [-0.39, 0.29) is 34.3 Å². The van der Waals surface area contributed by atoms with Crippen LogP contribution in [0.1, 0.15) is 55.5 Å². The van der Waals surface area contributed by atoms with Crippen LogP contribution < -0.4 is 5.73 Å². The first-order valence-corrected chi connectivity index (χ1v) is 12.4. The van der Waals surface area contributed by atoms with Gasteiger partial charge in [0.15, 0.2) is 5.17 Å². The van der Waals surface area contributed by atoms with E-state index < -0.39 is 21.9 Å². The Morgan fingerprint density at radius 3 is 2.83 bits per heavy atom. The lowest BCUT2D eigenvalue weighted by Crippen LogP contribution is -2.47. The third kappa shape index (κ3) is 3.90. The van der Waals surface area contributed by atoms with E-state index in [0.29, 0.717) is 17.5 Å². The molecule has 2 aromatic rings. The zero-order valence-corrected chi connectivity index (χ0v) is 20.3. The molecule has 1 aromatic carbocycles. The fourth-order valence-corrected chi connectivity index (χ4v) is 6.81. The van der Waals surface area contributed by atoms with Gasteiger partial charge in [0.25, 0.3) is 0 Å². The smallest absolute Gasteiger partial charge is 0.239 e. The number of carbonyl (C=O) groups excluding carboxylic acids is 1. The Morgan fingerprint density at radius 2 is 2.17 bits per heavy atom. The molecule has 2 fully saturated rings. The number of likely N-dealkylation sites (tertiary alicyclic amines) is 1. The number of carbonyl (C=O) groups is 1. The second-order valence-electron chi connectivity index (χ2n) is 9.61. The predicted molar refractivity (Wildman–Crippen MR) is 132 cm³/mol. The summed E-state index contributed by atoms with van der Waals surface area (Å²) in [7, 11) is 0. The van der Waals surface area contributed by atoms with Crippen molar-refractivity contribution in [1.82, 2.24) is 9.88 Å². The highest BCUT2D eigenvalue weighted by Gasteiger charge is 2.71. The molecule has 3 aliphatic rings. The Bertz CT molecular complexity index is 1300. The lowest BCUT2D eigenvalue weighted by molar-refractivity contribution is -0.132. The van der Waals surface area contributed by atoms with Crippen molar-refractivity contribution in [1.29, 1.82) is 5.26 Å². The Morgan fingerprint density at radius 1 is 1.37 bits per heavy atom. The molecule has 2 aliphatic heterocycles. The number of nitrogens with zero attached hydrogens (tertiary/aromatic N) is 4. The first-order valence-electron chi connectivity index (χ1n) is 11.6. The van der Waals surface area contributed by atoms with Crippen LogP contribution >= 0.6 is 11.8 Å². The second kappa shape index (κ2) is 8.45. The number of fused-ring (bicyclic) bond motifs is 1. The average molecular weight is 494 g/mol. The molecule has 1 saturated carbocycles. The molecule has 9 heteroatoms. The maximum Gasteiger partial charge on any atom is 0.239 e. The molecule has 35 heavy (non-hydrogen) atoms. The van der Waals surface area contributed by atoms with E-state index in [1.165, 1.54) is 48.3 Å². The number of aromatic nitrogens is 1. The molecule has 4 atom stereocenters. The second-order valence-corrected chi connectivity index (χ2v) is 11.0. The van der Waals surface area contributed by atoms with Crippen LogP contribution in [0.2, 0.25) is 0 Å². The van der Waals surface area contributed by atoms with Gasteiger partial charge in [0.1, 0.15) is 22.5 Å². The molecule has 1 saturated heterocycles. The Kier molecular flexibility index (Phi) is 5.67. The van der Waals surface area contributed by atoms with Gasteiger partial charge in [-0.1, -0.05) is 17.8 Å². The van der Waals surface area contributed by atoms with Crippen molar-refractivity contribution in [2.75, 3.05) is 6.54 Å². The zero-order valence-electron chi connectivity index (χ0n) is 19.5. The summed E-state index contributed by atoms with van der Waals surface area (Å²) in [6, 6.07) is 9.35. The molecule has 180 valence electrons. The fourth-order valence-electron chi connectivity index (χ4n) is 5.37. The average Bonchev–Trinajstić information content (AvgIpc) is 3.45. The first kappa shape index (κ1) is 23.5. The predicted octanol–water partition coefficient (Wildman–Crippen LogP) is 4.61. The molecule has 0 spiro atoms. The minimum absolute atomic E-state index is 0.0518. The number of thioether (sulfide) groups is 1. The van der Waals surface area contributed by atoms with Gasteiger partial charge in [0, 0.05) is 30.3 Å². The SMILES string of the molecule is CC1CCCN1C(=O)[C@]12C[C@H]1[C@@](C)(c1cc(C=C(F)c3ccc(C#N)cn3)ccc1F)N=C(N)S2. The van der Waals surface area contributed by atoms with E-state index in [1.54, 1.807) is 13.0 Å². The quantitative estimate of drug-likeness (QED) is 0.671. The highest BCUT2D eigenvalue weighted by molar-refractivity contribution is 8.15. The Labute approximate surface area is 206 Å². The van der Waals surface area contributed by atoms with Crippen molar-refractivity contribution in [2.24, 2.45) is 16.6 Å². The number of amides is 1. The molecular formula is C26H25F2N5OS. The van der Waals surface area contributed by atoms with Gasteiger partial charge in [0.2, 0.25) is 5.91 Å². The van der Waals surface area contributed by atoms with Crippen molar-refractivity contribution in [3.63, 3.8) is 0 Å². The van der Waals surface area contributed by atoms with E-state index in [0.717, 1.165) is 19.4 Å². The third-order valence-corrected chi connectivity index (χ3v) is 8.65. The molecule has 3 heterocycles. The van der Waals surface area contributed by atoms with Crippen molar-refractivity contribution in [3.05, 3.63) is 64.7 Å². The van der Waals surface area contributed by atoms with Gasteiger partial charge < -0.3 is 10.6 Å². The van der Waals surface area contributed by atoms with E-state index in [1.807, 2.05) is 11.0 Å². The molecule has 1 amide bonds. The van der Waals surface area contributed by atoms with Crippen LogP contribution in [-0.4, -0.2) is 38.3 Å².